The predicted octanol–water partition coefficient (Wildman–Crippen LogP) is 2.16. The lowest BCUT2D eigenvalue weighted by Crippen LogP contribution is -2.40. The van der Waals surface area contributed by atoms with E-state index in [1.54, 1.807) is 0 Å². The van der Waals surface area contributed by atoms with Gasteiger partial charge in [-0.25, -0.2) is 9.18 Å². The third-order valence-corrected chi connectivity index (χ3v) is 4.95. The van der Waals surface area contributed by atoms with Crippen molar-refractivity contribution in [2.75, 3.05) is 24.6 Å². The summed E-state index contributed by atoms with van der Waals surface area (Å²) in [6.45, 7) is 1.45. The van der Waals surface area contributed by atoms with Crippen molar-refractivity contribution in [3.8, 4) is 0 Å². The van der Waals surface area contributed by atoms with Gasteiger partial charge in [-0.05, 0) is 43.7 Å². The van der Waals surface area contributed by atoms with Crippen molar-refractivity contribution in [3.05, 3.63) is 0 Å². The summed E-state index contributed by atoms with van der Waals surface area (Å²) in [5.74, 6) is 1.08. The van der Waals surface area contributed by atoms with Crippen LogP contribution in [0.15, 0.2) is 0 Å². The van der Waals surface area contributed by atoms with E-state index in [2.05, 4.69) is 4.90 Å². The number of carboxylic acids is 1. The fourth-order valence-electron chi connectivity index (χ4n) is 2.75. The van der Waals surface area contributed by atoms with E-state index in [4.69, 9.17) is 5.11 Å². The summed E-state index contributed by atoms with van der Waals surface area (Å²) in [5.41, 5.74) is -1.99. The standard InChI is InChI=1S/C12H20FNO2S/c13-12(11(15)16)4-1-6-14(7-5-12)10-2-8-17-9-3-10/h10H,1-9H2,(H,15,16). The van der Waals surface area contributed by atoms with Crippen LogP contribution in [-0.2, 0) is 4.79 Å². The summed E-state index contributed by atoms with van der Waals surface area (Å²) in [4.78, 5) is 13.2. The lowest BCUT2D eigenvalue weighted by atomic mass is 9.97. The van der Waals surface area contributed by atoms with Gasteiger partial charge in [0.2, 0.25) is 5.67 Å². The van der Waals surface area contributed by atoms with Gasteiger partial charge in [0.1, 0.15) is 0 Å². The zero-order valence-corrected chi connectivity index (χ0v) is 10.8. The molecule has 2 aliphatic rings. The number of rotatable bonds is 2. The molecular formula is C12H20FNO2S. The van der Waals surface area contributed by atoms with Crippen LogP contribution in [0, 0.1) is 0 Å². The van der Waals surface area contributed by atoms with Gasteiger partial charge in [0.25, 0.3) is 0 Å². The average Bonchev–Trinajstić information content (AvgIpc) is 2.54. The molecule has 1 N–H and O–H groups in total. The first kappa shape index (κ1) is 13.1. The molecule has 2 fully saturated rings. The topological polar surface area (TPSA) is 40.5 Å². The minimum Gasteiger partial charge on any atom is -0.479 e. The Morgan fingerprint density at radius 2 is 2.00 bits per heavy atom. The highest BCUT2D eigenvalue weighted by atomic mass is 32.2. The third-order valence-electron chi connectivity index (χ3n) is 3.90. The van der Waals surface area contributed by atoms with Gasteiger partial charge in [0.15, 0.2) is 0 Å². The molecule has 1 atom stereocenters. The molecule has 2 saturated heterocycles. The van der Waals surface area contributed by atoms with Crippen molar-refractivity contribution in [3.63, 3.8) is 0 Å². The first-order chi connectivity index (χ1) is 8.12. The molecule has 0 spiro atoms. The maximum absolute atomic E-state index is 14.1. The van der Waals surface area contributed by atoms with Crippen molar-refractivity contribution >= 4 is 17.7 Å². The highest BCUT2D eigenvalue weighted by molar-refractivity contribution is 7.99. The first-order valence-electron chi connectivity index (χ1n) is 6.36. The summed E-state index contributed by atoms with van der Waals surface area (Å²) in [6, 6.07) is 0.549. The van der Waals surface area contributed by atoms with Gasteiger partial charge in [-0.15, -0.1) is 0 Å². The molecule has 2 heterocycles. The number of hydrogen-bond acceptors (Lipinski definition) is 3. The Balaban J connectivity index is 1.93. The molecule has 0 saturated carbocycles. The van der Waals surface area contributed by atoms with Crippen molar-refractivity contribution in [1.82, 2.24) is 4.90 Å². The lowest BCUT2D eigenvalue weighted by molar-refractivity contribution is -0.151. The molecule has 0 aromatic rings. The number of alkyl halides is 1. The zero-order chi connectivity index (χ0) is 12.3. The van der Waals surface area contributed by atoms with Crippen LogP contribution in [0.4, 0.5) is 4.39 Å². The minimum atomic E-state index is -1.99. The smallest absolute Gasteiger partial charge is 0.341 e. The first-order valence-corrected chi connectivity index (χ1v) is 7.51. The Hall–Kier alpha value is -0.290. The fourth-order valence-corrected chi connectivity index (χ4v) is 3.83. The molecule has 0 aromatic carbocycles. The third kappa shape index (κ3) is 3.13. The number of thioether (sulfide) groups is 1. The largest absolute Gasteiger partial charge is 0.479 e. The van der Waals surface area contributed by atoms with Crippen LogP contribution in [0.25, 0.3) is 0 Å². The molecule has 0 aliphatic carbocycles. The highest BCUT2D eigenvalue weighted by Crippen LogP contribution is 2.30. The second kappa shape index (κ2) is 5.57. The number of carboxylic acid groups (broad SMARTS) is 1. The summed E-state index contributed by atoms with van der Waals surface area (Å²) < 4.78 is 14.1. The molecule has 5 heteroatoms. The van der Waals surface area contributed by atoms with Crippen molar-refractivity contribution in [1.29, 1.82) is 0 Å². The van der Waals surface area contributed by atoms with Gasteiger partial charge in [0, 0.05) is 19.0 Å². The summed E-state index contributed by atoms with van der Waals surface area (Å²) in [6.07, 6.45) is 3.30. The zero-order valence-electron chi connectivity index (χ0n) is 10.0. The Kier molecular flexibility index (Phi) is 4.31. The normalized spacial score (nSPS) is 33.2. The number of likely N-dealkylation sites (tertiary alicyclic amines) is 1. The van der Waals surface area contributed by atoms with Crippen LogP contribution in [-0.4, -0.2) is 52.3 Å². The molecule has 0 amide bonds. The molecule has 0 bridgehead atoms. The SMILES string of the molecule is O=C(O)C1(F)CCCN(C2CCSCC2)CC1. The molecule has 17 heavy (non-hydrogen) atoms. The van der Waals surface area contributed by atoms with E-state index in [9.17, 15) is 9.18 Å². The van der Waals surface area contributed by atoms with Crippen LogP contribution in [0.1, 0.15) is 32.1 Å². The van der Waals surface area contributed by atoms with E-state index < -0.39 is 11.6 Å². The minimum absolute atomic E-state index is 0.145. The van der Waals surface area contributed by atoms with E-state index in [0.29, 0.717) is 19.0 Å². The second-order valence-corrected chi connectivity index (χ2v) is 6.23. The number of hydrogen-bond donors (Lipinski definition) is 1. The van der Waals surface area contributed by atoms with Gasteiger partial charge in [0.05, 0.1) is 0 Å². The molecule has 0 aromatic heterocycles. The Morgan fingerprint density at radius 3 is 2.65 bits per heavy atom. The van der Waals surface area contributed by atoms with Crippen molar-refractivity contribution in [2.45, 2.75) is 43.8 Å². The summed E-state index contributed by atoms with van der Waals surface area (Å²) in [7, 11) is 0. The Labute approximate surface area is 106 Å². The second-order valence-electron chi connectivity index (χ2n) is 5.00. The number of carbonyl (C=O) groups is 1. The van der Waals surface area contributed by atoms with Crippen molar-refractivity contribution in [2.24, 2.45) is 0 Å². The maximum atomic E-state index is 14.1. The van der Waals surface area contributed by atoms with E-state index in [1.165, 1.54) is 11.5 Å². The Bertz CT molecular complexity index is 284. The quantitative estimate of drug-likeness (QED) is 0.827. The van der Waals surface area contributed by atoms with Crippen LogP contribution in [0.3, 0.4) is 0 Å². The monoisotopic (exact) mass is 261 g/mol. The van der Waals surface area contributed by atoms with Gasteiger partial charge in [-0.1, -0.05) is 0 Å². The van der Waals surface area contributed by atoms with Gasteiger partial charge >= 0.3 is 5.97 Å². The van der Waals surface area contributed by atoms with Gasteiger partial charge in [-0.2, -0.15) is 11.8 Å². The van der Waals surface area contributed by atoms with Crippen LogP contribution < -0.4 is 0 Å². The summed E-state index contributed by atoms with van der Waals surface area (Å²) in [5, 5.41) is 8.92. The molecule has 2 rings (SSSR count). The van der Waals surface area contributed by atoms with Gasteiger partial charge < -0.3 is 10.0 Å². The Morgan fingerprint density at radius 1 is 1.29 bits per heavy atom. The fraction of sp³-hybridized carbons (Fsp3) is 0.917. The number of aliphatic carboxylic acids is 1. The molecular weight excluding hydrogens is 241 g/mol. The number of halogens is 1. The maximum Gasteiger partial charge on any atom is 0.341 e. The van der Waals surface area contributed by atoms with Crippen LogP contribution in [0.2, 0.25) is 0 Å². The number of nitrogens with zero attached hydrogens (tertiary/aromatic N) is 1. The lowest BCUT2D eigenvalue weighted by Gasteiger charge is -2.33. The summed E-state index contributed by atoms with van der Waals surface area (Å²) >= 11 is 1.98. The van der Waals surface area contributed by atoms with Crippen LogP contribution in [0.5, 0.6) is 0 Å². The van der Waals surface area contributed by atoms with E-state index in [1.807, 2.05) is 11.8 Å². The average molecular weight is 261 g/mol. The molecule has 98 valence electrons. The van der Waals surface area contributed by atoms with E-state index in [-0.39, 0.29) is 12.8 Å². The molecule has 1 unspecified atom stereocenters. The van der Waals surface area contributed by atoms with Crippen molar-refractivity contribution < 1.29 is 14.3 Å². The van der Waals surface area contributed by atoms with E-state index in [0.717, 1.165) is 19.4 Å². The predicted molar refractivity (Wildman–Crippen MR) is 67.2 cm³/mol. The van der Waals surface area contributed by atoms with E-state index >= 15 is 0 Å². The molecule has 3 nitrogen and oxygen atoms in total. The highest BCUT2D eigenvalue weighted by Gasteiger charge is 2.40. The molecule has 2 aliphatic heterocycles. The van der Waals surface area contributed by atoms with Gasteiger partial charge in [-0.3, -0.25) is 0 Å². The van der Waals surface area contributed by atoms with Crippen LogP contribution >= 0.6 is 11.8 Å². The molecule has 0 radical (unpaired) electrons.